The summed E-state index contributed by atoms with van der Waals surface area (Å²) in [4.78, 5) is 11.5. The molecule has 1 N–H and O–H groups in total. The molecule has 0 aliphatic heterocycles. The fraction of sp³-hybridized carbons (Fsp3) is 0.250. The van der Waals surface area contributed by atoms with Crippen LogP contribution in [0.4, 0.5) is 0 Å². The van der Waals surface area contributed by atoms with Gasteiger partial charge in [-0.05, 0) is 31.0 Å². The van der Waals surface area contributed by atoms with Gasteiger partial charge >= 0.3 is 5.97 Å². The molecule has 0 saturated carbocycles. The summed E-state index contributed by atoms with van der Waals surface area (Å²) in [6.45, 7) is 4.04. The number of hydrogen-bond donors (Lipinski definition) is 1. The first-order chi connectivity index (χ1) is 8.13. The van der Waals surface area contributed by atoms with Gasteiger partial charge < -0.3 is 4.74 Å². The summed E-state index contributed by atoms with van der Waals surface area (Å²) < 4.78 is 4.65. The molecule has 1 aromatic carbocycles. The number of ether oxygens (including phenoxy) is 1. The SMILES string of the molecule is COC(=O)c1n[nH]nc1-c1ccc(C)c(C)c1. The number of carbonyl (C=O) groups is 1. The molecule has 0 saturated heterocycles. The Hall–Kier alpha value is -2.17. The van der Waals surface area contributed by atoms with E-state index < -0.39 is 5.97 Å². The maximum absolute atomic E-state index is 11.5. The zero-order chi connectivity index (χ0) is 12.4. The van der Waals surface area contributed by atoms with E-state index >= 15 is 0 Å². The third kappa shape index (κ3) is 2.04. The second kappa shape index (κ2) is 4.37. The topological polar surface area (TPSA) is 67.9 Å². The monoisotopic (exact) mass is 231 g/mol. The fourth-order valence-corrected chi connectivity index (χ4v) is 1.56. The van der Waals surface area contributed by atoms with E-state index in [0.29, 0.717) is 5.69 Å². The molecule has 0 radical (unpaired) electrons. The number of benzene rings is 1. The van der Waals surface area contributed by atoms with Gasteiger partial charge in [-0.25, -0.2) is 4.79 Å². The van der Waals surface area contributed by atoms with Gasteiger partial charge in [0.1, 0.15) is 5.69 Å². The van der Waals surface area contributed by atoms with Crippen molar-refractivity contribution in [2.24, 2.45) is 0 Å². The summed E-state index contributed by atoms with van der Waals surface area (Å²) >= 11 is 0. The van der Waals surface area contributed by atoms with Gasteiger partial charge in [0.25, 0.3) is 0 Å². The van der Waals surface area contributed by atoms with Gasteiger partial charge in [-0.1, -0.05) is 12.1 Å². The van der Waals surface area contributed by atoms with Gasteiger partial charge in [-0.2, -0.15) is 10.3 Å². The van der Waals surface area contributed by atoms with Crippen molar-refractivity contribution in [3.63, 3.8) is 0 Å². The highest BCUT2D eigenvalue weighted by atomic mass is 16.5. The maximum Gasteiger partial charge on any atom is 0.360 e. The molecule has 0 aliphatic carbocycles. The highest BCUT2D eigenvalue weighted by Gasteiger charge is 2.18. The molecule has 0 spiro atoms. The first kappa shape index (κ1) is 11.3. The Morgan fingerprint density at radius 3 is 2.65 bits per heavy atom. The first-order valence-electron chi connectivity index (χ1n) is 5.20. The second-order valence-electron chi connectivity index (χ2n) is 3.81. The number of rotatable bonds is 2. The largest absolute Gasteiger partial charge is 0.464 e. The van der Waals surface area contributed by atoms with E-state index in [9.17, 15) is 4.79 Å². The fourth-order valence-electron chi connectivity index (χ4n) is 1.56. The summed E-state index contributed by atoms with van der Waals surface area (Å²) in [6, 6.07) is 5.87. The minimum atomic E-state index is -0.494. The molecule has 2 aromatic rings. The van der Waals surface area contributed by atoms with Gasteiger partial charge in [-0.3, -0.25) is 0 Å². The van der Waals surface area contributed by atoms with Crippen LogP contribution >= 0.6 is 0 Å². The van der Waals surface area contributed by atoms with E-state index in [-0.39, 0.29) is 5.69 Å². The third-order valence-corrected chi connectivity index (χ3v) is 2.71. The minimum Gasteiger partial charge on any atom is -0.464 e. The van der Waals surface area contributed by atoms with Crippen LogP contribution in [0.5, 0.6) is 0 Å². The van der Waals surface area contributed by atoms with Crippen LogP contribution in [-0.2, 0) is 4.74 Å². The molecule has 5 nitrogen and oxygen atoms in total. The number of aromatic amines is 1. The van der Waals surface area contributed by atoms with E-state index in [0.717, 1.165) is 11.1 Å². The zero-order valence-electron chi connectivity index (χ0n) is 9.94. The van der Waals surface area contributed by atoms with Crippen LogP contribution in [0.3, 0.4) is 0 Å². The summed E-state index contributed by atoms with van der Waals surface area (Å²) in [6.07, 6.45) is 0. The molecule has 1 aromatic heterocycles. The van der Waals surface area contributed by atoms with Crippen LogP contribution in [-0.4, -0.2) is 28.5 Å². The van der Waals surface area contributed by atoms with Crippen molar-refractivity contribution >= 4 is 5.97 Å². The Labute approximate surface area is 98.8 Å². The normalized spacial score (nSPS) is 10.3. The molecular formula is C12H13N3O2. The molecule has 0 aliphatic rings. The molecule has 2 rings (SSSR count). The average Bonchev–Trinajstić information content (AvgIpc) is 2.80. The Morgan fingerprint density at radius 2 is 2.00 bits per heavy atom. The Kier molecular flexibility index (Phi) is 2.91. The molecule has 1 heterocycles. The lowest BCUT2D eigenvalue weighted by atomic mass is 10.0. The lowest BCUT2D eigenvalue weighted by Gasteiger charge is -2.03. The number of methoxy groups -OCH3 is 1. The molecule has 88 valence electrons. The predicted octanol–water partition coefficient (Wildman–Crippen LogP) is 1.88. The van der Waals surface area contributed by atoms with Gasteiger partial charge in [-0.15, -0.1) is 5.10 Å². The second-order valence-corrected chi connectivity index (χ2v) is 3.81. The van der Waals surface area contributed by atoms with Crippen LogP contribution in [0.2, 0.25) is 0 Å². The van der Waals surface area contributed by atoms with E-state index in [4.69, 9.17) is 0 Å². The van der Waals surface area contributed by atoms with Gasteiger partial charge in [0.2, 0.25) is 0 Å². The van der Waals surface area contributed by atoms with Crippen molar-refractivity contribution in [1.29, 1.82) is 0 Å². The van der Waals surface area contributed by atoms with E-state index in [1.54, 1.807) is 0 Å². The molecule has 5 heteroatoms. The number of nitrogens with one attached hydrogen (secondary N) is 1. The van der Waals surface area contributed by atoms with Crippen LogP contribution in [0.1, 0.15) is 21.6 Å². The number of hydrogen-bond acceptors (Lipinski definition) is 4. The van der Waals surface area contributed by atoms with E-state index in [1.807, 2.05) is 32.0 Å². The van der Waals surface area contributed by atoms with Crippen molar-refractivity contribution in [3.05, 3.63) is 35.0 Å². The lowest BCUT2D eigenvalue weighted by molar-refractivity contribution is 0.0595. The number of aromatic nitrogens is 3. The predicted molar refractivity (Wildman–Crippen MR) is 62.6 cm³/mol. The number of carbonyl (C=O) groups excluding carboxylic acids is 1. The molecule has 0 atom stereocenters. The van der Waals surface area contributed by atoms with Gasteiger partial charge in [0.15, 0.2) is 5.69 Å². The van der Waals surface area contributed by atoms with Crippen LogP contribution in [0.25, 0.3) is 11.3 Å². The number of H-pyrrole nitrogens is 1. The molecule has 17 heavy (non-hydrogen) atoms. The summed E-state index contributed by atoms with van der Waals surface area (Å²) in [5.74, 6) is -0.494. The quantitative estimate of drug-likeness (QED) is 0.801. The third-order valence-electron chi connectivity index (χ3n) is 2.71. The molecule has 0 amide bonds. The summed E-state index contributed by atoms with van der Waals surface area (Å²) in [5, 5.41) is 10.2. The van der Waals surface area contributed by atoms with Gasteiger partial charge in [0, 0.05) is 5.56 Å². The van der Waals surface area contributed by atoms with Crippen LogP contribution in [0.15, 0.2) is 18.2 Å². The van der Waals surface area contributed by atoms with Crippen molar-refractivity contribution < 1.29 is 9.53 Å². The first-order valence-corrected chi connectivity index (χ1v) is 5.20. The van der Waals surface area contributed by atoms with Crippen molar-refractivity contribution in [1.82, 2.24) is 15.4 Å². The van der Waals surface area contributed by atoms with Crippen molar-refractivity contribution in [2.45, 2.75) is 13.8 Å². The van der Waals surface area contributed by atoms with E-state index in [2.05, 4.69) is 20.1 Å². The Bertz CT molecular complexity index is 561. The van der Waals surface area contributed by atoms with Crippen LogP contribution in [0, 0.1) is 13.8 Å². The zero-order valence-corrected chi connectivity index (χ0v) is 9.94. The summed E-state index contributed by atoms with van der Waals surface area (Å²) in [5.41, 5.74) is 3.90. The van der Waals surface area contributed by atoms with Crippen molar-refractivity contribution in [2.75, 3.05) is 7.11 Å². The smallest absolute Gasteiger partial charge is 0.360 e. The van der Waals surface area contributed by atoms with E-state index in [1.165, 1.54) is 12.7 Å². The number of nitrogens with zero attached hydrogens (tertiary/aromatic N) is 2. The molecule has 0 fully saturated rings. The Morgan fingerprint density at radius 1 is 1.24 bits per heavy atom. The number of esters is 1. The minimum absolute atomic E-state index is 0.204. The molecule has 0 bridgehead atoms. The van der Waals surface area contributed by atoms with Gasteiger partial charge in [0.05, 0.1) is 7.11 Å². The van der Waals surface area contributed by atoms with Crippen LogP contribution < -0.4 is 0 Å². The molecule has 0 unspecified atom stereocenters. The molecular weight excluding hydrogens is 218 g/mol. The average molecular weight is 231 g/mol. The Balaban J connectivity index is 2.50. The standard InChI is InChI=1S/C12H13N3O2/c1-7-4-5-9(6-8(7)2)10-11(12(16)17-3)14-15-13-10/h4-6H,1-3H3,(H,13,14,15). The number of aryl methyl sites for hydroxylation is 2. The van der Waals surface area contributed by atoms with Crippen molar-refractivity contribution in [3.8, 4) is 11.3 Å². The lowest BCUT2D eigenvalue weighted by Crippen LogP contribution is -2.03. The highest BCUT2D eigenvalue weighted by Crippen LogP contribution is 2.22. The maximum atomic E-state index is 11.5. The highest BCUT2D eigenvalue weighted by molar-refractivity contribution is 5.93. The summed E-state index contributed by atoms with van der Waals surface area (Å²) in [7, 11) is 1.32.